The van der Waals surface area contributed by atoms with Crippen LogP contribution >= 0.6 is 15.9 Å². The van der Waals surface area contributed by atoms with Crippen LogP contribution in [0.25, 0.3) is 0 Å². The van der Waals surface area contributed by atoms with E-state index in [-0.39, 0.29) is 16.6 Å². The molecule has 0 spiro atoms. The average Bonchev–Trinajstić information content (AvgIpc) is 2.29. The molecule has 0 unspecified atom stereocenters. The topological polar surface area (TPSA) is 72.2 Å². The third-order valence-corrected chi connectivity index (χ3v) is 3.17. The number of nitrogens with two attached hydrogens (primary N) is 1. The molecule has 1 aromatic rings. The van der Waals surface area contributed by atoms with Crippen molar-refractivity contribution in [2.24, 2.45) is 11.1 Å². The Morgan fingerprint density at radius 3 is 2.61 bits per heavy atom. The molecule has 0 aliphatic rings. The molecule has 98 valence electrons. The van der Waals surface area contributed by atoms with Gasteiger partial charge in [-0.15, -0.1) is 0 Å². The van der Waals surface area contributed by atoms with E-state index in [1.54, 1.807) is 19.9 Å². The minimum atomic E-state index is -0.877. The number of hydrogen-bond acceptors (Lipinski definition) is 2. The Bertz CT molecular complexity index is 489. The molecule has 2 amide bonds. The third kappa shape index (κ3) is 3.29. The molecule has 1 aromatic carbocycles. The van der Waals surface area contributed by atoms with Crippen molar-refractivity contribution < 1.29 is 14.0 Å². The predicted molar refractivity (Wildman–Crippen MR) is 69.4 cm³/mol. The van der Waals surface area contributed by atoms with Gasteiger partial charge in [0.15, 0.2) is 0 Å². The lowest BCUT2D eigenvalue weighted by molar-refractivity contribution is -0.125. The number of halogens is 2. The van der Waals surface area contributed by atoms with E-state index in [1.807, 2.05) is 0 Å². The molecule has 0 fully saturated rings. The van der Waals surface area contributed by atoms with Gasteiger partial charge in [0.2, 0.25) is 5.91 Å². The number of hydrogen-bond donors (Lipinski definition) is 2. The first-order valence-electron chi connectivity index (χ1n) is 5.28. The molecule has 0 saturated heterocycles. The van der Waals surface area contributed by atoms with Crippen molar-refractivity contribution in [2.45, 2.75) is 13.8 Å². The van der Waals surface area contributed by atoms with Gasteiger partial charge >= 0.3 is 0 Å². The van der Waals surface area contributed by atoms with Crippen molar-refractivity contribution in [3.05, 3.63) is 34.1 Å². The number of carbonyl (C=O) groups is 2. The summed E-state index contributed by atoms with van der Waals surface area (Å²) < 4.78 is 13.8. The van der Waals surface area contributed by atoms with Gasteiger partial charge in [-0.25, -0.2) is 4.39 Å². The first-order valence-corrected chi connectivity index (χ1v) is 6.07. The molecule has 0 bridgehead atoms. The number of rotatable bonds is 4. The highest BCUT2D eigenvalue weighted by Crippen LogP contribution is 2.19. The summed E-state index contributed by atoms with van der Waals surface area (Å²) in [6.07, 6.45) is 0. The lowest BCUT2D eigenvalue weighted by Gasteiger charge is -2.20. The molecule has 6 heteroatoms. The van der Waals surface area contributed by atoms with Crippen LogP contribution in [0.2, 0.25) is 0 Å². The summed E-state index contributed by atoms with van der Waals surface area (Å²) in [6.45, 7) is 3.26. The van der Waals surface area contributed by atoms with Crippen molar-refractivity contribution in [1.29, 1.82) is 0 Å². The zero-order chi connectivity index (χ0) is 13.9. The fraction of sp³-hybridized carbons (Fsp3) is 0.333. The number of primary amides is 1. The number of benzene rings is 1. The van der Waals surface area contributed by atoms with Crippen LogP contribution < -0.4 is 11.1 Å². The lowest BCUT2D eigenvalue weighted by Crippen LogP contribution is -2.42. The van der Waals surface area contributed by atoms with Gasteiger partial charge in [0.05, 0.1) is 15.5 Å². The van der Waals surface area contributed by atoms with Gasteiger partial charge in [-0.3, -0.25) is 9.59 Å². The summed E-state index contributed by atoms with van der Waals surface area (Å²) in [6, 6.07) is 4.42. The van der Waals surface area contributed by atoms with E-state index in [9.17, 15) is 14.0 Å². The lowest BCUT2D eigenvalue weighted by atomic mass is 9.92. The van der Waals surface area contributed by atoms with Crippen molar-refractivity contribution >= 4 is 27.7 Å². The Labute approximate surface area is 113 Å². The van der Waals surface area contributed by atoms with E-state index in [2.05, 4.69) is 21.2 Å². The van der Waals surface area contributed by atoms with E-state index in [4.69, 9.17) is 5.73 Å². The van der Waals surface area contributed by atoms with Crippen LogP contribution in [-0.2, 0) is 4.79 Å². The Hall–Kier alpha value is -1.43. The maximum absolute atomic E-state index is 13.6. The van der Waals surface area contributed by atoms with Gasteiger partial charge in [-0.05, 0) is 41.9 Å². The SMILES string of the molecule is CC(C)(CNC(=O)c1cccc(Br)c1F)C(N)=O. The molecule has 0 atom stereocenters. The van der Waals surface area contributed by atoms with E-state index in [1.165, 1.54) is 12.1 Å². The van der Waals surface area contributed by atoms with Crippen LogP contribution in [0.3, 0.4) is 0 Å². The largest absolute Gasteiger partial charge is 0.369 e. The highest BCUT2D eigenvalue weighted by atomic mass is 79.9. The molecule has 0 aliphatic carbocycles. The smallest absolute Gasteiger partial charge is 0.254 e. The highest BCUT2D eigenvalue weighted by molar-refractivity contribution is 9.10. The van der Waals surface area contributed by atoms with E-state index < -0.39 is 23.0 Å². The second-order valence-electron chi connectivity index (χ2n) is 4.53. The second kappa shape index (κ2) is 5.48. The standard InChI is InChI=1S/C12H14BrFN2O2/c1-12(2,11(15)18)6-16-10(17)7-4-3-5-8(13)9(7)14/h3-5H,6H2,1-2H3,(H2,15,18)(H,16,17). The molecule has 4 nitrogen and oxygen atoms in total. The summed E-state index contributed by atoms with van der Waals surface area (Å²) >= 11 is 3.00. The first-order chi connectivity index (χ1) is 8.25. The summed E-state index contributed by atoms with van der Waals surface area (Å²) in [5, 5.41) is 2.49. The highest BCUT2D eigenvalue weighted by Gasteiger charge is 2.26. The van der Waals surface area contributed by atoms with Crippen molar-refractivity contribution in [3.8, 4) is 0 Å². The second-order valence-corrected chi connectivity index (χ2v) is 5.39. The van der Waals surface area contributed by atoms with Crippen LogP contribution in [0.5, 0.6) is 0 Å². The molecule has 1 rings (SSSR count). The fourth-order valence-corrected chi connectivity index (χ4v) is 1.53. The zero-order valence-corrected chi connectivity index (χ0v) is 11.7. The molecule has 3 N–H and O–H groups in total. The molecule has 0 saturated carbocycles. The van der Waals surface area contributed by atoms with E-state index in [0.717, 1.165) is 0 Å². The number of amides is 2. The van der Waals surface area contributed by atoms with E-state index in [0.29, 0.717) is 0 Å². The molecule has 0 aromatic heterocycles. The van der Waals surface area contributed by atoms with Gasteiger partial charge in [0, 0.05) is 6.54 Å². The maximum Gasteiger partial charge on any atom is 0.254 e. The number of nitrogens with one attached hydrogen (secondary N) is 1. The fourth-order valence-electron chi connectivity index (χ4n) is 1.16. The molecular weight excluding hydrogens is 303 g/mol. The van der Waals surface area contributed by atoms with Crippen molar-refractivity contribution in [2.75, 3.05) is 6.54 Å². The average molecular weight is 317 g/mol. The molecule has 0 aliphatic heterocycles. The molecule has 18 heavy (non-hydrogen) atoms. The Morgan fingerprint density at radius 1 is 1.44 bits per heavy atom. The number of carbonyl (C=O) groups excluding carboxylic acids is 2. The van der Waals surface area contributed by atoms with E-state index >= 15 is 0 Å². The molecule has 0 heterocycles. The zero-order valence-electron chi connectivity index (χ0n) is 10.1. The van der Waals surface area contributed by atoms with Crippen LogP contribution in [0, 0.1) is 11.2 Å². The minimum absolute atomic E-state index is 0.0487. The van der Waals surface area contributed by atoms with Crippen LogP contribution in [0.15, 0.2) is 22.7 Å². The minimum Gasteiger partial charge on any atom is -0.369 e. The Morgan fingerprint density at radius 2 is 2.06 bits per heavy atom. The normalized spacial score (nSPS) is 11.1. The summed E-state index contributed by atoms with van der Waals surface area (Å²) in [7, 11) is 0. The Kier molecular flexibility index (Phi) is 4.45. The van der Waals surface area contributed by atoms with Gasteiger partial charge in [-0.1, -0.05) is 6.07 Å². The summed E-state index contributed by atoms with van der Waals surface area (Å²) in [4.78, 5) is 22.8. The monoisotopic (exact) mass is 316 g/mol. The summed E-state index contributed by atoms with van der Waals surface area (Å²) in [5.74, 6) is -1.74. The van der Waals surface area contributed by atoms with Gasteiger partial charge in [-0.2, -0.15) is 0 Å². The van der Waals surface area contributed by atoms with Crippen molar-refractivity contribution in [3.63, 3.8) is 0 Å². The quantitative estimate of drug-likeness (QED) is 0.889. The van der Waals surface area contributed by atoms with Gasteiger partial charge in [0.25, 0.3) is 5.91 Å². The molecular formula is C12H14BrFN2O2. The van der Waals surface area contributed by atoms with Crippen LogP contribution in [0.4, 0.5) is 4.39 Å². The maximum atomic E-state index is 13.6. The third-order valence-electron chi connectivity index (χ3n) is 2.55. The summed E-state index contributed by atoms with van der Waals surface area (Å²) in [5.41, 5.74) is 4.22. The Balaban J connectivity index is 2.78. The van der Waals surface area contributed by atoms with Crippen LogP contribution in [0.1, 0.15) is 24.2 Å². The van der Waals surface area contributed by atoms with Gasteiger partial charge < -0.3 is 11.1 Å². The first kappa shape index (κ1) is 14.6. The predicted octanol–water partition coefficient (Wildman–Crippen LogP) is 1.83. The molecule has 0 radical (unpaired) electrons. The van der Waals surface area contributed by atoms with Crippen molar-refractivity contribution in [1.82, 2.24) is 5.32 Å². The van der Waals surface area contributed by atoms with Crippen LogP contribution in [-0.4, -0.2) is 18.4 Å². The van der Waals surface area contributed by atoms with Gasteiger partial charge in [0.1, 0.15) is 5.82 Å².